The van der Waals surface area contributed by atoms with Gasteiger partial charge in [0.25, 0.3) is 5.69 Å². The molecule has 0 bridgehead atoms. The number of nitro benzene ring substituents is 1. The van der Waals surface area contributed by atoms with E-state index in [1.807, 2.05) is 37.3 Å². The number of nitrogens with zero attached hydrogens (tertiary/aromatic N) is 1. The normalized spacial score (nSPS) is 10.0. The van der Waals surface area contributed by atoms with Crippen molar-refractivity contribution in [2.75, 3.05) is 0 Å². The highest BCUT2D eigenvalue weighted by molar-refractivity contribution is 5.68. The summed E-state index contributed by atoms with van der Waals surface area (Å²) < 4.78 is 5.59. The summed E-state index contributed by atoms with van der Waals surface area (Å²) in [4.78, 5) is 31.4. The van der Waals surface area contributed by atoms with Crippen molar-refractivity contribution in [2.45, 2.75) is 26.4 Å². The smallest absolute Gasteiger partial charge is 0.355 e. The molecule has 2 aromatic carbocycles. The summed E-state index contributed by atoms with van der Waals surface area (Å²) in [5.74, 6) is -0.303. The fourth-order valence-corrected chi connectivity index (χ4v) is 1.86. The van der Waals surface area contributed by atoms with Crippen LogP contribution in [0.1, 0.15) is 25.3 Å². The second kappa shape index (κ2) is 8.52. The summed E-state index contributed by atoms with van der Waals surface area (Å²) in [5, 5.41) is 10.9. The Balaban J connectivity index is 2.13. The molecular formula is C17H17NO6. The zero-order valence-corrected chi connectivity index (χ0v) is 13.1. The molecule has 0 aliphatic rings. The first kappa shape index (κ1) is 17.3. The van der Waals surface area contributed by atoms with Crippen molar-refractivity contribution in [1.29, 1.82) is 0 Å². The van der Waals surface area contributed by atoms with E-state index < -0.39 is 10.9 Å². The Hall–Kier alpha value is -3.09. The minimum Gasteiger partial charge on any atom is -0.485 e. The van der Waals surface area contributed by atoms with E-state index in [4.69, 9.17) is 9.62 Å². The Bertz CT molecular complexity index is 701. The first-order valence-electron chi connectivity index (χ1n) is 7.42. The molecule has 0 saturated carbocycles. The minimum atomic E-state index is -0.539. The van der Waals surface area contributed by atoms with Gasteiger partial charge in [0.05, 0.1) is 11.0 Å². The van der Waals surface area contributed by atoms with Crippen LogP contribution in [0.4, 0.5) is 5.69 Å². The summed E-state index contributed by atoms with van der Waals surface area (Å²) in [7, 11) is 0. The molecule has 7 nitrogen and oxygen atoms in total. The molecule has 0 heterocycles. The van der Waals surface area contributed by atoms with Crippen molar-refractivity contribution < 1.29 is 24.2 Å². The van der Waals surface area contributed by atoms with Gasteiger partial charge < -0.3 is 4.74 Å². The number of hydrogen-bond donors (Lipinski definition) is 0. The molecule has 0 radical (unpaired) electrons. The van der Waals surface area contributed by atoms with E-state index in [0.717, 1.165) is 5.56 Å². The first-order chi connectivity index (χ1) is 11.6. The van der Waals surface area contributed by atoms with Crippen molar-refractivity contribution in [3.05, 3.63) is 64.2 Å². The zero-order chi connectivity index (χ0) is 17.4. The van der Waals surface area contributed by atoms with Crippen LogP contribution in [0.5, 0.6) is 11.5 Å². The van der Waals surface area contributed by atoms with Crippen LogP contribution in [0.3, 0.4) is 0 Å². The standard InChI is InChI=1S/C17H17NO6/c1-2-6-17(19)24-23-15-10-9-14(18(20)21)11-16(15)22-12-13-7-4-3-5-8-13/h3-5,7-11H,2,6,12H2,1H3. The number of non-ortho nitro benzene ring substituents is 1. The molecule has 0 aliphatic heterocycles. The third-order valence-corrected chi connectivity index (χ3v) is 3.05. The maximum absolute atomic E-state index is 11.4. The van der Waals surface area contributed by atoms with Crippen LogP contribution in [0.15, 0.2) is 48.5 Å². The Kier molecular flexibility index (Phi) is 6.13. The number of hydrogen-bond acceptors (Lipinski definition) is 6. The summed E-state index contributed by atoms with van der Waals surface area (Å²) in [5.41, 5.74) is 0.739. The van der Waals surface area contributed by atoms with Gasteiger partial charge in [-0.1, -0.05) is 37.3 Å². The highest BCUT2D eigenvalue weighted by Crippen LogP contribution is 2.32. The number of ether oxygens (including phenoxy) is 1. The number of rotatable bonds is 8. The second-order valence-electron chi connectivity index (χ2n) is 4.95. The van der Waals surface area contributed by atoms with Gasteiger partial charge in [-0.15, -0.1) is 0 Å². The van der Waals surface area contributed by atoms with Crippen LogP contribution in [0.25, 0.3) is 0 Å². The molecule has 0 N–H and O–H groups in total. The topological polar surface area (TPSA) is 87.9 Å². The Morgan fingerprint density at radius 1 is 1.12 bits per heavy atom. The number of carbonyl (C=O) groups excluding carboxylic acids is 1. The van der Waals surface area contributed by atoms with Gasteiger partial charge in [0.15, 0.2) is 5.75 Å². The molecule has 0 amide bonds. The third kappa shape index (κ3) is 4.98. The van der Waals surface area contributed by atoms with Gasteiger partial charge in [-0.2, -0.15) is 0 Å². The van der Waals surface area contributed by atoms with E-state index in [1.165, 1.54) is 18.2 Å². The Morgan fingerprint density at radius 3 is 2.54 bits per heavy atom. The van der Waals surface area contributed by atoms with E-state index in [-0.39, 0.29) is 30.2 Å². The van der Waals surface area contributed by atoms with Gasteiger partial charge in [0.1, 0.15) is 6.61 Å². The van der Waals surface area contributed by atoms with Crippen molar-refractivity contribution in [3.63, 3.8) is 0 Å². The van der Waals surface area contributed by atoms with Crippen molar-refractivity contribution in [3.8, 4) is 11.5 Å². The Labute approximate surface area is 138 Å². The molecule has 0 atom stereocenters. The SMILES string of the molecule is CCCC(=O)OOc1ccc([N+](=O)[O-])cc1OCc1ccccc1. The highest BCUT2D eigenvalue weighted by atomic mass is 17.2. The minimum absolute atomic E-state index is 0.0981. The molecule has 24 heavy (non-hydrogen) atoms. The summed E-state index contributed by atoms with van der Waals surface area (Å²) >= 11 is 0. The maximum atomic E-state index is 11.4. The lowest BCUT2D eigenvalue weighted by atomic mass is 10.2. The van der Waals surface area contributed by atoms with Gasteiger partial charge in [-0.3, -0.25) is 19.9 Å². The largest absolute Gasteiger partial charge is 0.485 e. The predicted molar refractivity (Wildman–Crippen MR) is 85.5 cm³/mol. The lowest BCUT2D eigenvalue weighted by molar-refractivity contribution is -0.385. The molecular weight excluding hydrogens is 314 g/mol. The van der Waals surface area contributed by atoms with Crippen molar-refractivity contribution in [1.82, 2.24) is 0 Å². The molecule has 2 aromatic rings. The number of nitro groups is 1. The molecule has 2 rings (SSSR count). The molecule has 7 heteroatoms. The quantitative estimate of drug-likeness (QED) is 0.415. The van der Waals surface area contributed by atoms with E-state index >= 15 is 0 Å². The van der Waals surface area contributed by atoms with E-state index in [0.29, 0.717) is 6.42 Å². The van der Waals surface area contributed by atoms with Gasteiger partial charge in [-0.05, 0) is 18.1 Å². The Morgan fingerprint density at radius 2 is 1.88 bits per heavy atom. The van der Waals surface area contributed by atoms with E-state index in [9.17, 15) is 14.9 Å². The van der Waals surface area contributed by atoms with Crippen LogP contribution in [0.2, 0.25) is 0 Å². The van der Waals surface area contributed by atoms with Crippen LogP contribution < -0.4 is 9.62 Å². The predicted octanol–water partition coefficient (Wildman–Crippen LogP) is 3.81. The summed E-state index contributed by atoms with van der Waals surface area (Å²) in [6.45, 7) is 2.03. The maximum Gasteiger partial charge on any atom is 0.355 e. The van der Waals surface area contributed by atoms with E-state index in [2.05, 4.69) is 4.89 Å². The first-order valence-corrected chi connectivity index (χ1v) is 7.42. The zero-order valence-electron chi connectivity index (χ0n) is 13.1. The van der Waals surface area contributed by atoms with Crippen LogP contribution in [0, 0.1) is 10.1 Å². The molecule has 0 fully saturated rings. The molecule has 0 saturated heterocycles. The van der Waals surface area contributed by atoms with Gasteiger partial charge in [0, 0.05) is 12.5 Å². The average molecular weight is 331 g/mol. The van der Waals surface area contributed by atoms with Crippen LogP contribution in [-0.2, 0) is 16.3 Å². The average Bonchev–Trinajstić information content (AvgIpc) is 2.59. The third-order valence-electron chi connectivity index (χ3n) is 3.05. The van der Waals surface area contributed by atoms with Crippen LogP contribution in [-0.4, -0.2) is 10.9 Å². The summed E-state index contributed by atoms with van der Waals surface area (Å²) in [6.07, 6.45) is 0.840. The van der Waals surface area contributed by atoms with Crippen LogP contribution >= 0.6 is 0 Å². The lowest BCUT2D eigenvalue weighted by Gasteiger charge is -2.11. The summed E-state index contributed by atoms with van der Waals surface area (Å²) in [6, 6.07) is 13.1. The fraction of sp³-hybridized carbons (Fsp3) is 0.235. The highest BCUT2D eigenvalue weighted by Gasteiger charge is 2.15. The number of benzene rings is 2. The van der Waals surface area contributed by atoms with E-state index in [1.54, 1.807) is 0 Å². The van der Waals surface area contributed by atoms with Gasteiger partial charge >= 0.3 is 5.97 Å². The molecule has 0 unspecified atom stereocenters. The molecule has 0 spiro atoms. The molecule has 0 aromatic heterocycles. The van der Waals surface area contributed by atoms with Crippen molar-refractivity contribution >= 4 is 11.7 Å². The monoisotopic (exact) mass is 331 g/mol. The van der Waals surface area contributed by atoms with Gasteiger partial charge in [0.2, 0.25) is 5.75 Å². The number of carbonyl (C=O) groups is 1. The van der Waals surface area contributed by atoms with Crippen molar-refractivity contribution in [2.24, 2.45) is 0 Å². The van der Waals surface area contributed by atoms with Gasteiger partial charge in [-0.25, -0.2) is 4.79 Å². The lowest BCUT2D eigenvalue weighted by Crippen LogP contribution is -2.08. The second-order valence-corrected chi connectivity index (χ2v) is 4.95. The fourth-order valence-electron chi connectivity index (χ4n) is 1.86. The molecule has 0 aliphatic carbocycles. The molecule has 126 valence electrons.